The number of para-hydroxylation sites is 1. The molecule has 0 aliphatic heterocycles. The molecule has 5 heteroatoms. The molecule has 1 aromatic rings. The highest BCUT2D eigenvalue weighted by molar-refractivity contribution is 6.02. The van der Waals surface area contributed by atoms with Gasteiger partial charge in [-0.15, -0.1) is 0 Å². The first-order valence-corrected chi connectivity index (χ1v) is 6.23. The first-order valence-electron chi connectivity index (χ1n) is 6.23. The molecule has 1 aromatic carbocycles. The van der Waals surface area contributed by atoms with Crippen LogP contribution in [-0.2, 0) is 4.79 Å². The van der Waals surface area contributed by atoms with Crippen LogP contribution in [0.15, 0.2) is 24.3 Å². The third-order valence-corrected chi connectivity index (χ3v) is 2.47. The van der Waals surface area contributed by atoms with Gasteiger partial charge in [-0.1, -0.05) is 12.1 Å². The summed E-state index contributed by atoms with van der Waals surface area (Å²) in [5.74, 6) is -0.700. The van der Waals surface area contributed by atoms with Crippen molar-refractivity contribution in [3.05, 3.63) is 29.8 Å². The van der Waals surface area contributed by atoms with Crippen molar-refractivity contribution >= 4 is 17.5 Å². The Bertz CT molecular complexity index is 464. The van der Waals surface area contributed by atoms with Gasteiger partial charge < -0.3 is 16.4 Å². The van der Waals surface area contributed by atoms with E-state index < -0.39 is 5.91 Å². The number of nitrogens with two attached hydrogens (primary N) is 1. The Morgan fingerprint density at radius 3 is 2.42 bits per heavy atom. The molecule has 4 N–H and O–H groups in total. The molecule has 19 heavy (non-hydrogen) atoms. The fraction of sp³-hybridized carbons (Fsp3) is 0.429. The monoisotopic (exact) mass is 263 g/mol. The van der Waals surface area contributed by atoms with Gasteiger partial charge in [0.1, 0.15) is 0 Å². The number of carbonyl (C=O) groups excluding carboxylic acids is 2. The van der Waals surface area contributed by atoms with Gasteiger partial charge >= 0.3 is 0 Å². The molecular formula is C14H21N3O2. The van der Waals surface area contributed by atoms with Crippen molar-refractivity contribution in [3.63, 3.8) is 0 Å². The third kappa shape index (κ3) is 5.52. The van der Waals surface area contributed by atoms with Crippen molar-refractivity contribution in [1.29, 1.82) is 0 Å². The summed E-state index contributed by atoms with van der Waals surface area (Å²) in [6, 6.07) is 6.70. The van der Waals surface area contributed by atoms with Crippen LogP contribution in [0.2, 0.25) is 0 Å². The zero-order valence-electron chi connectivity index (χ0n) is 11.6. The number of amides is 2. The Kier molecular flexibility index (Phi) is 5.06. The van der Waals surface area contributed by atoms with Crippen LogP contribution in [0.1, 0.15) is 37.6 Å². The smallest absolute Gasteiger partial charge is 0.250 e. The standard InChI is InChI=1S/C14H21N3O2/c1-14(2,3)16-9-8-12(18)17-11-7-5-4-6-10(11)13(15)19/h4-7,16H,8-9H2,1-3H3,(H2,15,19)(H,17,18). The van der Waals surface area contributed by atoms with Crippen LogP contribution in [-0.4, -0.2) is 23.9 Å². The summed E-state index contributed by atoms with van der Waals surface area (Å²) in [4.78, 5) is 23.0. The summed E-state index contributed by atoms with van der Waals surface area (Å²) in [6.07, 6.45) is 0.338. The molecule has 0 saturated heterocycles. The molecule has 0 fully saturated rings. The van der Waals surface area contributed by atoms with E-state index in [2.05, 4.69) is 10.6 Å². The number of benzene rings is 1. The van der Waals surface area contributed by atoms with Crippen molar-refractivity contribution in [2.45, 2.75) is 32.7 Å². The molecule has 0 aliphatic rings. The first kappa shape index (κ1) is 15.2. The molecule has 1 rings (SSSR count). The highest BCUT2D eigenvalue weighted by Gasteiger charge is 2.12. The summed E-state index contributed by atoms with van der Waals surface area (Å²) >= 11 is 0. The summed E-state index contributed by atoms with van der Waals surface area (Å²) in [7, 11) is 0. The SMILES string of the molecule is CC(C)(C)NCCC(=O)Nc1ccccc1C(N)=O. The lowest BCUT2D eigenvalue weighted by atomic mass is 10.1. The molecule has 104 valence electrons. The summed E-state index contributed by atoms with van der Waals surface area (Å²) in [5, 5.41) is 5.92. The molecule has 0 unspecified atom stereocenters. The van der Waals surface area contributed by atoms with Crippen molar-refractivity contribution < 1.29 is 9.59 Å². The maximum atomic E-state index is 11.8. The molecular weight excluding hydrogens is 242 g/mol. The lowest BCUT2D eigenvalue weighted by molar-refractivity contribution is -0.116. The third-order valence-electron chi connectivity index (χ3n) is 2.47. The van der Waals surface area contributed by atoms with Crippen LogP contribution < -0.4 is 16.4 Å². The van der Waals surface area contributed by atoms with Gasteiger partial charge in [0.05, 0.1) is 11.3 Å². The van der Waals surface area contributed by atoms with Gasteiger partial charge in [0.25, 0.3) is 5.91 Å². The molecule has 0 aliphatic carbocycles. The average molecular weight is 263 g/mol. The lowest BCUT2D eigenvalue weighted by Crippen LogP contribution is -2.37. The molecule has 5 nitrogen and oxygen atoms in total. The predicted molar refractivity (Wildman–Crippen MR) is 76.0 cm³/mol. The highest BCUT2D eigenvalue weighted by Crippen LogP contribution is 2.14. The normalized spacial score (nSPS) is 11.1. The first-order chi connectivity index (χ1) is 8.79. The number of anilines is 1. The van der Waals surface area contributed by atoms with E-state index in [1.807, 2.05) is 20.8 Å². The van der Waals surface area contributed by atoms with E-state index >= 15 is 0 Å². The lowest BCUT2D eigenvalue weighted by Gasteiger charge is -2.20. The van der Waals surface area contributed by atoms with Gasteiger partial charge in [0.2, 0.25) is 5.91 Å². The van der Waals surface area contributed by atoms with Gasteiger partial charge in [-0.3, -0.25) is 9.59 Å². The van der Waals surface area contributed by atoms with Crippen molar-refractivity contribution in [1.82, 2.24) is 5.32 Å². The van der Waals surface area contributed by atoms with Crippen LogP contribution in [0.5, 0.6) is 0 Å². The maximum absolute atomic E-state index is 11.8. The number of hydrogen-bond donors (Lipinski definition) is 3. The zero-order chi connectivity index (χ0) is 14.5. The second-order valence-electron chi connectivity index (χ2n) is 5.38. The molecule has 0 atom stereocenters. The minimum atomic E-state index is -0.552. The van der Waals surface area contributed by atoms with Crippen LogP contribution in [0.25, 0.3) is 0 Å². The van der Waals surface area contributed by atoms with E-state index in [0.29, 0.717) is 24.2 Å². The molecule has 0 radical (unpaired) electrons. The zero-order valence-corrected chi connectivity index (χ0v) is 11.6. The van der Waals surface area contributed by atoms with E-state index in [4.69, 9.17) is 5.73 Å². The van der Waals surface area contributed by atoms with E-state index in [1.165, 1.54) is 0 Å². The summed E-state index contributed by atoms with van der Waals surface area (Å²) in [5.41, 5.74) is 6.00. The Morgan fingerprint density at radius 1 is 1.21 bits per heavy atom. The van der Waals surface area contributed by atoms with E-state index in [0.717, 1.165) is 0 Å². The van der Waals surface area contributed by atoms with Crippen molar-refractivity contribution in [2.24, 2.45) is 5.73 Å². The van der Waals surface area contributed by atoms with Crippen LogP contribution >= 0.6 is 0 Å². The Hall–Kier alpha value is -1.88. The Labute approximate surface area is 113 Å². The fourth-order valence-electron chi connectivity index (χ4n) is 1.57. The van der Waals surface area contributed by atoms with Crippen LogP contribution in [0, 0.1) is 0 Å². The van der Waals surface area contributed by atoms with Gasteiger partial charge in [0.15, 0.2) is 0 Å². The van der Waals surface area contributed by atoms with Crippen LogP contribution in [0.4, 0.5) is 5.69 Å². The quantitative estimate of drug-likeness (QED) is 0.752. The van der Waals surface area contributed by atoms with Gasteiger partial charge in [-0.05, 0) is 32.9 Å². The second-order valence-corrected chi connectivity index (χ2v) is 5.38. The molecule has 0 heterocycles. The fourth-order valence-corrected chi connectivity index (χ4v) is 1.57. The predicted octanol–water partition coefficient (Wildman–Crippen LogP) is 1.50. The Balaban J connectivity index is 2.56. The average Bonchev–Trinajstić information content (AvgIpc) is 2.27. The number of carbonyl (C=O) groups is 2. The van der Waals surface area contributed by atoms with E-state index in [1.54, 1.807) is 24.3 Å². The number of rotatable bonds is 5. The minimum Gasteiger partial charge on any atom is -0.366 e. The second kappa shape index (κ2) is 6.33. The largest absolute Gasteiger partial charge is 0.366 e. The van der Waals surface area contributed by atoms with Gasteiger partial charge in [0, 0.05) is 18.5 Å². The van der Waals surface area contributed by atoms with E-state index in [9.17, 15) is 9.59 Å². The maximum Gasteiger partial charge on any atom is 0.250 e. The number of hydrogen-bond acceptors (Lipinski definition) is 3. The van der Waals surface area contributed by atoms with Crippen molar-refractivity contribution in [2.75, 3.05) is 11.9 Å². The summed E-state index contributed by atoms with van der Waals surface area (Å²) in [6.45, 7) is 6.68. The summed E-state index contributed by atoms with van der Waals surface area (Å²) < 4.78 is 0. The van der Waals surface area contributed by atoms with E-state index in [-0.39, 0.29) is 11.4 Å². The number of primary amides is 1. The highest BCUT2D eigenvalue weighted by atomic mass is 16.2. The van der Waals surface area contributed by atoms with Gasteiger partial charge in [-0.2, -0.15) is 0 Å². The molecule has 0 saturated carbocycles. The van der Waals surface area contributed by atoms with Crippen LogP contribution in [0.3, 0.4) is 0 Å². The van der Waals surface area contributed by atoms with Crippen molar-refractivity contribution in [3.8, 4) is 0 Å². The van der Waals surface area contributed by atoms with Gasteiger partial charge in [-0.25, -0.2) is 0 Å². The number of nitrogens with one attached hydrogen (secondary N) is 2. The minimum absolute atomic E-state index is 0.0224. The molecule has 0 bridgehead atoms. The topological polar surface area (TPSA) is 84.2 Å². The molecule has 2 amide bonds. The molecule has 0 aromatic heterocycles. The Morgan fingerprint density at radius 2 is 1.84 bits per heavy atom. The molecule has 0 spiro atoms.